The molecule has 2 rings (SSSR count). The van der Waals surface area contributed by atoms with Gasteiger partial charge in [-0.25, -0.2) is 9.18 Å². The van der Waals surface area contributed by atoms with E-state index < -0.39 is 44.8 Å². The summed E-state index contributed by atoms with van der Waals surface area (Å²) in [6, 6.07) is 6.26. The molecule has 0 aromatic heterocycles. The van der Waals surface area contributed by atoms with E-state index in [2.05, 4.69) is 4.74 Å². The highest BCUT2D eigenvalue weighted by molar-refractivity contribution is 8.45. The quantitative estimate of drug-likeness (QED) is 0.478. The average Bonchev–Trinajstić information content (AvgIpc) is 2.51. The molecule has 0 saturated carbocycles. The third-order valence-corrected chi connectivity index (χ3v) is 4.30. The molecule has 0 bridgehead atoms. The molecule has 0 aliphatic rings. The molecule has 10 heteroatoms. The van der Waals surface area contributed by atoms with Crippen molar-refractivity contribution in [1.82, 2.24) is 0 Å². The minimum Gasteiger partial charge on any atom is -0.487 e. The zero-order valence-electron chi connectivity index (χ0n) is 12.6. The number of esters is 1. The molecule has 0 aliphatic heterocycles. The normalized spacial score (nSPS) is 14.4. The van der Waals surface area contributed by atoms with E-state index in [1.165, 1.54) is 6.07 Å². The van der Waals surface area contributed by atoms with Gasteiger partial charge in [0.25, 0.3) is 0 Å². The number of benzene rings is 2. The molecule has 138 valence electrons. The van der Waals surface area contributed by atoms with Crippen LogP contribution in [0.25, 0.3) is 0 Å². The minimum atomic E-state index is -9.97. The zero-order valence-corrected chi connectivity index (χ0v) is 13.5. The third-order valence-electron chi connectivity index (χ3n) is 3.13. The third kappa shape index (κ3) is 4.38. The lowest BCUT2D eigenvalue weighted by Crippen LogP contribution is -2.11. The van der Waals surface area contributed by atoms with Gasteiger partial charge in [0, 0.05) is 5.56 Å². The van der Waals surface area contributed by atoms with Crippen molar-refractivity contribution in [2.45, 2.75) is 11.5 Å². The van der Waals surface area contributed by atoms with Gasteiger partial charge in [0.05, 0.1) is 12.7 Å². The molecule has 2 aromatic carbocycles. The second-order valence-corrected chi connectivity index (χ2v) is 7.35. The number of carbonyl (C=O) groups is 1. The average molecular weight is 386 g/mol. The molecule has 0 unspecified atom stereocenters. The molecular weight excluding hydrogens is 374 g/mol. The standard InChI is InChI=1S/C15H12F6O3S/c1-23-15(22)11-6-4-5-10(14(11)16)9-24-12-7-2-3-8-13(12)25(17,18,19,20)21/h2-8H,9H2,1H3. The maximum absolute atomic E-state index is 14.2. The molecule has 0 atom stereocenters. The lowest BCUT2D eigenvalue weighted by Gasteiger charge is -2.41. The Morgan fingerprint density at radius 3 is 2.24 bits per heavy atom. The summed E-state index contributed by atoms with van der Waals surface area (Å²) in [5, 5.41) is 0. The molecule has 3 nitrogen and oxygen atoms in total. The second-order valence-electron chi connectivity index (χ2n) is 4.97. The van der Waals surface area contributed by atoms with E-state index in [1.54, 1.807) is 0 Å². The number of hydrogen-bond acceptors (Lipinski definition) is 3. The number of carbonyl (C=O) groups excluding carboxylic acids is 1. The summed E-state index contributed by atoms with van der Waals surface area (Å²) in [6.45, 7) is -0.790. The first-order valence-electron chi connectivity index (χ1n) is 6.65. The Bertz CT molecular complexity index is 820. The van der Waals surface area contributed by atoms with Crippen LogP contribution in [-0.2, 0) is 11.3 Å². The summed E-state index contributed by atoms with van der Waals surface area (Å²) in [4.78, 5) is 9.18. The summed E-state index contributed by atoms with van der Waals surface area (Å²) >= 11 is 0. The highest BCUT2D eigenvalue weighted by Gasteiger charge is 2.67. The second kappa shape index (κ2) is 5.58. The fraction of sp³-hybridized carbons (Fsp3) is 0.133. The van der Waals surface area contributed by atoms with Gasteiger partial charge >= 0.3 is 16.2 Å². The first kappa shape index (κ1) is 19.0. The van der Waals surface area contributed by atoms with Crippen LogP contribution in [0.1, 0.15) is 15.9 Å². The van der Waals surface area contributed by atoms with Crippen LogP contribution in [0.15, 0.2) is 47.4 Å². The molecule has 0 radical (unpaired) electrons. The highest BCUT2D eigenvalue weighted by atomic mass is 32.5. The maximum atomic E-state index is 14.2. The van der Waals surface area contributed by atoms with Gasteiger partial charge < -0.3 is 9.47 Å². The van der Waals surface area contributed by atoms with Gasteiger partial charge in [-0.15, -0.1) is 0 Å². The number of ether oxygens (including phenoxy) is 2. The molecule has 0 fully saturated rings. The molecule has 0 saturated heterocycles. The highest BCUT2D eigenvalue weighted by Crippen LogP contribution is 3.03. The van der Waals surface area contributed by atoms with E-state index in [0.29, 0.717) is 6.07 Å². The fourth-order valence-electron chi connectivity index (χ4n) is 2.00. The SMILES string of the molecule is COC(=O)c1cccc(COc2ccccc2S(F)(F)(F)(F)F)c1F. The van der Waals surface area contributed by atoms with Crippen LogP contribution in [0.4, 0.5) is 23.8 Å². The lowest BCUT2D eigenvalue weighted by molar-refractivity contribution is 0.0595. The van der Waals surface area contributed by atoms with Crippen molar-refractivity contribution in [1.29, 1.82) is 0 Å². The Morgan fingerprint density at radius 1 is 1.00 bits per heavy atom. The van der Waals surface area contributed by atoms with Crippen LogP contribution in [0, 0.1) is 5.82 Å². The predicted molar refractivity (Wildman–Crippen MR) is 79.9 cm³/mol. The van der Waals surface area contributed by atoms with Crippen molar-refractivity contribution in [3.8, 4) is 5.75 Å². The first-order chi connectivity index (χ1) is 11.3. The summed E-state index contributed by atoms with van der Waals surface area (Å²) in [5.74, 6) is -3.20. The van der Waals surface area contributed by atoms with Gasteiger partial charge in [0.1, 0.15) is 23.1 Å². The van der Waals surface area contributed by atoms with Gasteiger partial charge in [0.2, 0.25) is 0 Å². The molecule has 0 heterocycles. The van der Waals surface area contributed by atoms with Crippen LogP contribution < -0.4 is 4.74 Å². The van der Waals surface area contributed by atoms with Crippen LogP contribution in [-0.4, -0.2) is 13.1 Å². The predicted octanol–water partition coefficient (Wildman–Crippen LogP) is 5.85. The van der Waals surface area contributed by atoms with Gasteiger partial charge in [-0.2, -0.15) is 0 Å². The van der Waals surface area contributed by atoms with E-state index in [1.807, 2.05) is 0 Å². The largest absolute Gasteiger partial charge is 0.487 e. The number of rotatable bonds is 5. The smallest absolute Gasteiger partial charge is 0.340 e. The van der Waals surface area contributed by atoms with E-state index in [4.69, 9.17) is 4.74 Å². The molecule has 0 N–H and O–H groups in total. The van der Waals surface area contributed by atoms with E-state index in [9.17, 15) is 28.6 Å². The van der Waals surface area contributed by atoms with Crippen molar-refractivity contribution < 1.29 is 38.1 Å². The molecule has 0 spiro atoms. The molecule has 25 heavy (non-hydrogen) atoms. The number of halogens is 6. The number of hydrogen-bond donors (Lipinski definition) is 0. The van der Waals surface area contributed by atoms with Gasteiger partial charge in [0.15, 0.2) is 0 Å². The van der Waals surface area contributed by atoms with Crippen molar-refractivity contribution >= 4 is 16.2 Å². The maximum Gasteiger partial charge on any atom is 0.340 e. The van der Waals surface area contributed by atoms with Crippen molar-refractivity contribution in [3.05, 3.63) is 59.4 Å². The van der Waals surface area contributed by atoms with Gasteiger partial charge in [-0.3, -0.25) is 0 Å². The van der Waals surface area contributed by atoms with Gasteiger partial charge in [-0.05, 0) is 18.2 Å². The zero-order chi connectivity index (χ0) is 18.9. The molecule has 0 aliphatic carbocycles. The molecule has 0 amide bonds. The Balaban J connectivity index is 2.35. The monoisotopic (exact) mass is 386 g/mol. The lowest BCUT2D eigenvalue weighted by atomic mass is 10.1. The topological polar surface area (TPSA) is 35.5 Å². The van der Waals surface area contributed by atoms with Crippen LogP contribution in [0.5, 0.6) is 5.75 Å². The Hall–Kier alpha value is -2.36. The van der Waals surface area contributed by atoms with Crippen molar-refractivity contribution in [2.75, 3.05) is 7.11 Å². The van der Waals surface area contributed by atoms with E-state index in [0.717, 1.165) is 31.4 Å². The summed E-state index contributed by atoms with van der Waals surface area (Å²) in [7, 11) is -8.95. The van der Waals surface area contributed by atoms with E-state index >= 15 is 0 Å². The van der Waals surface area contributed by atoms with Crippen LogP contribution >= 0.6 is 10.2 Å². The van der Waals surface area contributed by atoms with Crippen molar-refractivity contribution in [2.24, 2.45) is 0 Å². The van der Waals surface area contributed by atoms with E-state index in [-0.39, 0.29) is 11.6 Å². The van der Waals surface area contributed by atoms with Gasteiger partial charge in [-0.1, -0.05) is 43.7 Å². The number of methoxy groups -OCH3 is 1. The fourth-order valence-corrected chi connectivity index (χ4v) is 2.85. The summed E-state index contributed by atoms with van der Waals surface area (Å²) in [6.07, 6.45) is 0. The molecular formula is C15H12F6O3S. The van der Waals surface area contributed by atoms with Crippen molar-refractivity contribution in [3.63, 3.8) is 0 Å². The van der Waals surface area contributed by atoms with Crippen LogP contribution in [0.2, 0.25) is 0 Å². The Morgan fingerprint density at radius 2 is 1.64 bits per heavy atom. The minimum absolute atomic E-state index is 0.193. The Kier molecular flexibility index (Phi) is 4.24. The molecule has 2 aromatic rings. The Labute approximate surface area is 138 Å². The summed E-state index contributed by atoms with van der Waals surface area (Å²) < 4.78 is 88.4. The first-order valence-corrected chi connectivity index (χ1v) is 8.60. The number of para-hydroxylation sites is 1. The summed E-state index contributed by atoms with van der Waals surface area (Å²) in [5.41, 5.74) is -0.746. The van der Waals surface area contributed by atoms with Crippen LogP contribution in [0.3, 0.4) is 0 Å².